The molecule has 3 N–H and O–H groups in total. The monoisotopic (exact) mass is 317 g/mol. The zero-order chi connectivity index (χ0) is 16.0. The van der Waals surface area contributed by atoms with E-state index in [0.29, 0.717) is 18.5 Å². The molecule has 3 unspecified atom stereocenters. The summed E-state index contributed by atoms with van der Waals surface area (Å²) in [6.07, 6.45) is 5.60. The fourth-order valence-corrected chi connectivity index (χ4v) is 3.31. The minimum atomic E-state index is 0.203. The lowest BCUT2D eigenvalue weighted by atomic mass is 9.85. The molecule has 0 aromatic heterocycles. The number of allylic oxidation sites excluding steroid dienone is 1. The number of rotatable bonds is 8. The molecular weight excluding hydrogens is 294 g/mol. The third-order valence-electron chi connectivity index (χ3n) is 4.81. The van der Waals surface area contributed by atoms with Gasteiger partial charge >= 0.3 is 0 Å². The van der Waals surface area contributed by atoms with E-state index in [1.807, 2.05) is 6.08 Å². The summed E-state index contributed by atoms with van der Waals surface area (Å²) in [5, 5.41) is 10.7. The highest BCUT2D eigenvalue weighted by atomic mass is 16.6. The van der Waals surface area contributed by atoms with Crippen LogP contribution in [0.25, 0.3) is 0 Å². The Morgan fingerprint density at radius 1 is 0.913 bits per heavy atom. The summed E-state index contributed by atoms with van der Waals surface area (Å²) in [6.45, 7) is 6.18. The minimum absolute atomic E-state index is 0.203. The van der Waals surface area contributed by atoms with Crippen molar-refractivity contribution in [3.63, 3.8) is 0 Å². The van der Waals surface area contributed by atoms with Crippen LogP contribution in [0.3, 0.4) is 0 Å². The van der Waals surface area contributed by atoms with Crippen molar-refractivity contribution < 1.29 is 19.3 Å². The highest BCUT2D eigenvalue weighted by Crippen LogP contribution is 2.41. The molecular formula is C18H23NO4. The Morgan fingerprint density at radius 3 is 1.78 bits per heavy atom. The fourth-order valence-electron chi connectivity index (χ4n) is 3.31. The van der Waals surface area contributed by atoms with Crippen LogP contribution in [0.1, 0.15) is 22.3 Å². The molecule has 3 saturated heterocycles. The van der Waals surface area contributed by atoms with Crippen molar-refractivity contribution in [2.75, 3.05) is 25.6 Å². The molecule has 0 bridgehead atoms. The second-order valence-corrected chi connectivity index (χ2v) is 6.65. The lowest BCUT2D eigenvalue weighted by Crippen LogP contribution is -2.14. The summed E-state index contributed by atoms with van der Waals surface area (Å²) in [7, 11) is 0. The van der Waals surface area contributed by atoms with Crippen LogP contribution in [0, 0.1) is 0 Å². The van der Waals surface area contributed by atoms with Crippen molar-refractivity contribution in [3.05, 3.63) is 34.9 Å². The van der Waals surface area contributed by atoms with Gasteiger partial charge in [0.15, 0.2) is 0 Å². The van der Waals surface area contributed by atoms with Gasteiger partial charge in [-0.3, -0.25) is 0 Å². The molecule has 5 heteroatoms. The van der Waals surface area contributed by atoms with Gasteiger partial charge in [0.1, 0.15) is 5.75 Å². The number of anilines is 1. The van der Waals surface area contributed by atoms with Crippen molar-refractivity contribution in [1.82, 2.24) is 0 Å². The molecule has 3 heterocycles. The lowest BCUT2D eigenvalue weighted by molar-refractivity contribution is 0.393. The van der Waals surface area contributed by atoms with Gasteiger partial charge in [0.2, 0.25) is 0 Å². The summed E-state index contributed by atoms with van der Waals surface area (Å²) < 4.78 is 16.2. The minimum Gasteiger partial charge on any atom is -0.505 e. The number of epoxide rings is 3. The molecule has 23 heavy (non-hydrogen) atoms. The van der Waals surface area contributed by atoms with Crippen LogP contribution in [-0.4, -0.2) is 43.2 Å². The molecule has 124 valence electrons. The zero-order valence-corrected chi connectivity index (χ0v) is 13.2. The number of ether oxygens (including phenoxy) is 3. The van der Waals surface area contributed by atoms with Crippen LogP contribution in [0.15, 0.2) is 12.7 Å². The van der Waals surface area contributed by atoms with Crippen LogP contribution in [0.2, 0.25) is 0 Å². The fraction of sp³-hybridized carbons (Fsp3) is 0.556. The van der Waals surface area contributed by atoms with E-state index >= 15 is 0 Å². The second kappa shape index (κ2) is 5.82. The number of phenolic OH excluding ortho intramolecular Hbond substituents is 1. The summed E-state index contributed by atoms with van der Waals surface area (Å²) in [5.41, 5.74) is 11.1. The molecule has 0 aliphatic carbocycles. The maximum Gasteiger partial charge on any atom is 0.142 e. The molecule has 5 nitrogen and oxygen atoms in total. The number of nitrogens with two attached hydrogens (primary N) is 1. The van der Waals surface area contributed by atoms with Gasteiger partial charge in [-0.25, -0.2) is 0 Å². The van der Waals surface area contributed by atoms with E-state index in [-0.39, 0.29) is 24.1 Å². The van der Waals surface area contributed by atoms with Gasteiger partial charge in [-0.2, -0.15) is 0 Å². The Kier molecular flexibility index (Phi) is 3.79. The maximum atomic E-state index is 10.7. The molecule has 3 atom stereocenters. The SMILES string of the molecule is C=CCc1c(N)c(O)c(CC2CO2)c(CC2CO2)c1CC1CO1. The normalized spacial score (nSPS) is 27.7. The third-order valence-corrected chi connectivity index (χ3v) is 4.81. The first-order valence-corrected chi connectivity index (χ1v) is 8.27. The number of hydrogen-bond acceptors (Lipinski definition) is 5. The average Bonchev–Trinajstić information content (AvgIpc) is 3.34. The smallest absolute Gasteiger partial charge is 0.142 e. The van der Waals surface area contributed by atoms with Crippen molar-refractivity contribution in [2.24, 2.45) is 0 Å². The van der Waals surface area contributed by atoms with Gasteiger partial charge in [-0.15, -0.1) is 6.58 Å². The van der Waals surface area contributed by atoms with Crippen molar-refractivity contribution in [1.29, 1.82) is 0 Å². The molecule has 0 spiro atoms. The van der Waals surface area contributed by atoms with E-state index in [9.17, 15) is 5.11 Å². The van der Waals surface area contributed by atoms with Crippen LogP contribution in [-0.2, 0) is 39.9 Å². The van der Waals surface area contributed by atoms with Crippen LogP contribution < -0.4 is 5.73 Å². The quantitative estimate of drug-likeness (QED) is 0.329. The van der Waals surface area contributed by atoms with Gasteiger partial charge in [0, 0.05) is 24.8 Å². The Labute approximate surface area is 136 Å². The Balaban J connectivity index is 1.81. The van der Waals surface area contributed by atoms with E-state index in [1.54, 1.807) is 0 Å². The topological polar surface area (TPSA) is 83.8 Å². The first kappa shape index (κ1) is 15.0. The predicted molar refractivity (Wildman–Crippen MR) is 86.8 cm³/mol. The Bertz CT molecular complexity index is 631. The van der Waals surface area contributed by atoms with Gasteiger partial charge in [0.25, 0.3) is 0 Å². The standard InChI is InChI=1S/C18H23NO4/c1-2-3-13-14(4-10-7-21-10)15(5-11-8-22-11)16(6-12-9-23-12)18(20)17(13)19/h2,10-12,20H,1,3-9,19H2. The summed E-state index contributed by atoms with van der Waals surface area (Å²) in [6, 6.07) is 0. The van der Waals surface area contributed by atoms with Crippen LogP contribution >= 0.6 is 0 Å². The zero-order valence-electron chi connectivity index (χ0n) is 13.2. The first-order valence-electron chi connectivity index (χ1n) is 8.27. The van der Waals surface area contributed by atoms with Gasteiger partial charge in [-0.05, 0) is 23.1 Å². The molecule has 3 aliphatic heterocycles. The molecule has 3 fully saturated rings. The summed E-state index contributed by atoms with van der Waals surface area (Å²) in [4.78, 5) is 0. The van der Waals surface area contributed by atoms with Crippen LogP contribution in [0.4, 0.5) is 5.69 Å². The molecule has 4 rings (SSSR count). The number of aromatic hydroxyl groups is 1. The highest BCUT2D eigenvalue weighted by Gasteiger charge is 2.34. The van der Waals surface area contributed by atoms with Crippen molar-refractivity contribution >= 4 is 5.69 Å². The predicted octanol–water partition coefficient (Wildman–Crippen LogP) is 1.53. The van der Waals surface area contributed by atoms with E-state index in [1.165, 1.54) is 11.1 Å². The number of nitrogen functional groups attached to an aromatic ring is 1. The molecule has 0 radical (unpaired) electrons. The molecule has 3 aliphatic rings. The Morgan fingerprint density at radius 2 is 1.35 bits per heavy atom. The van der Waals surface area contributed by atoms with Gasteiger partial charge in [0.05, 0.1) is 43.8 Å². The summed E-state index contributed by atoms with van der Waals surface area (Å²) in [5.74, 6) is 0.216. The number of benzene rings is 1. The number of hydrogen-bond donors (Lipinski definition) is 2. The third kappa shape index (κ3) is 3.22. The van der Waals surface area contributed by atoms with Gasteiger partial charge < -0.3 is 25.1 Å². The average molecular weight is 317 g/mol. The van der Waals surface area contributed by atoms with E-state index < -0.39 is 0 Å². The van der Waals surface area contributed by atoms with E-state index in [2.05, 4.69) is 6.58 Å². The lowest BCUT2D eigenvalue weighted by Gasteiger charge is -2.22. The maximum absolute atomic E-state index is 10.7. The second-order valence-electron chi connectivity index (χ2n) is 6.65. The molecule has 1 aromatic rings. The van der Waals surface area contributed by atoms with Crippen molar-refractivity contribution in [3.8, 4) is 5.75 Å². The highest BCUT2D eigenvalue weighted by molar-refractivity contribution is 5.68. The van der Waals surface area contributed by atoms with E-state index in [4.69, 9.17) is 19.9 Å². The molecule has 1 aromatic carbocycles. The molecule has 0 saturated carbocycles. The Hall–Kier alpha value is -1.56. The molecule has 0 amide bonds. The van der Waals surface area contributed by atoms with E-state index in [0.717, 1.165) is 43.8 Å². The van der Waals surface area contributed by atoms with Crippen molar-refractivity contribution in [2.45, 2.75) is 44.0 Å². The largest absolute Gasteiger partial charge is 0.505 e. The first-order chi connectivity index (χ1) is 11.2. The summed E-state index contributed by atoms with van der Waals surface area (Å²) >= 11 is 0. The number of phenols is 1. The van der Waals surface area contributed by atoms with Gasteiger partial charge in [-0.1, -0.05) is 6.08 Å². The van der Waals surface area contributed by atoms with Crippen LogP contribution in [0.5, 0.6) is 5.75 Å².